The van der Waals surface area contributed by atoms with Crippen molar-refractivity contribution in [1.82, 2.24) is 19.9 Å². The van der Waals surface area contributed by atoms with Crippen LogP contribution in [0.3, 0.4) is 0 Å². The number of aromatic nitrogens is 4. The lowest BCUT2D eigenvalue weighted by Gasteiger charge is -2.23. The summed E-state index contributed by atoms with van der Waals surface area (Å²) in [6.07, 6.45) is 3.88. The Morgan fingerprint density at radius 3 is 2.47 bits per heavy atom. The van der Waals surface area contributed by atoms with E-state index in [0.717, 1.165) is 52.8 Å². The summed E-state index contributed by atoms with van der Waals surface area (Å²) in [7, 11) is 1.80. The Kier molecular flexibility index (Phi) is 4.58. The number of nitrogens with two attached hydrogens (primary N) is 1. The molecule has 2 aliphatic carbocycles. The van der Waals surface area contributed by atoms with E-state index in [4.69, 9.17) is 20.4 Å². The van der Waals surface area contributed by atoms with Crippen LogP contribution in [0.15, 0.2) is 24.5 Å². The van der Waals surface area contributed by atoms with Crippen LogP contribution >= 0.6 is 0 Å². The highest BCUT2D eigenvalue weighted by molar-refractivity contribution is 5.88. The maximum Gasteiger partial charge on any atom is 0.324 e. The molecule has 2 unspecified atom stereocenters. The number of anilines is 2. The summed E-state index contributed by atoms with van der Waals surface area (Å²) in [5, 5.41) is 3.12. The molecule has 34 heavy (non-hydrogen) atoms. The number of fused-ring (bicyclic) bond motifs is 4. The third-order valence-corrected chi connectivity index (χ3v) is 7.11. The van der Waals surface area contributed by atoms with Gasteiger partial charge in [0.05, 0.1) is 18.1 Å². The van der Waals surface area contributed by atoms with Gasteiger partial charge in [0, 0.05) is 49.3 Å². The van der Waals surface area contributed by atoms with Crippen LogP contribution in [0.2, 0.25) is 0 Å². The smallest absolute Gasteiger partial charge is 0.324 e. The van der Waals surface area contributed by atoms with E-state index in [9.17, 15) is 4.39 Å². The SMILES string of the molecule is CNc1cc(F)cc2c1Cc1nc(Oc3cnc(C(C)(C)C)nc3)nc(N3CC4C(N)C4C3)c1-2. The molecular weight excluding hydrogens is 433 g/mol. The van der Waals surface area contributed by atoms with Crippen molar-refractivity contribution in [3.05, 3.63) is 47.4 Å². The third kappa shape index (κ3) is 3.37. The number of nitrogens with one attached hydrogen (secondary N) is 1. The summed E-state index contributed by atoms with van der Waals surface area (Å²) in [6, 6.07) is 3.61. The summed E-state index contributed by atoms with van der Waals surface area (Å²) >= 11 is 0. The molecule has 176 valence electrons. The molecule has 3 N–H and O–H groups in total. The zero-order valence-corrected chi connectivity index (χ0v) is 19.8. The second kappa shape index (κ2) is 7.33. The van der Waals surface area contributed by atoms with E-state index >= 15 is 0 Å². The molecule has 3 aliphatic rings. The monoisotopic (exact) mass is 461 g/mol. The standard InChI is InChI=1S/C25H28FN7O/c1-25(2,3)23-29-8-13(9-30-23)34-24-31-19-7-14-15(5-12(26)6-18(14)28-4)20(19)22(32-24)33-10-16-17(11-33)21(16)27/h5-6,8-9,16-17,21,28H,7,10-11,27H2,1-4H3. The minimum Gasteiger partial charge on any atom is -0.421 e. The number of rotatable bonds is 4. The van der Waals surface area contributed by atoms with E-state index in [1.807, 2.05) is 0 Å². The fourth-order valence-corrected chi connectivity index (χ4v) is 5.20. The zero-order valence-electron chi connectivity index (χ0n) is 19.8. The molecule has 3 heterocycles. The lowest BCUT2D eigenvalue weighted by atomic mass is 9.96. The Labute approximate surface area is 197 Å². The van der Waals surface area contributed by atoms with Gasteiger partial charge in [0.2, 0.25) is 0 Å². The predicted octanol–water partition coefficient (Wildman–Crippen LogP) is 3.50. The van der Waals surface area contributed by atoms with Crippen LogP contribution in [-0.2, 0) is 11.8 Å². The molecule has 2 aromatic heterocycles. The average molecular weight is 462 g/mol. The maximum atomic E-state index is 14.5. The average Bonchev–Trinajstić information content (AvgIpc) is 3.14. The lowest BCUT2D eigenvalue weighted by Crippen LogP contribution is -2.29. The van der Waals surface area contributed by atoms with E-state index in [0.29, 0.717) is 24.0 Å². The van der Waals surface area contributed by atoms with Crippen LogP contribution in [0.25, 0.3) is 11.1 Å². The molecule has 1 aliphatic heterocycles. The summed E-state index contributed by atoms with van der Waals surface area (Å²) in [5.41, 5.74) is 10.4. The van der Waals surface area contributed by atoms with Crippen LogP contribution in [0.1, 0.15) is 37.9 Å². The largest absolute Gasteiger partial charge is 0.421 e. The van der Waals surface area contributed by atoms with Gasteiger partial charge in [-0.1, -0.05) is 20.8 Å². The van der Waals surface area contributed by atoms with E-state index in [-0.39, 0.29) is 23.3 Å². The molecule has 0 bridgehead atoms. The molecule has 3 aromatic rings. The predicted molar refractivity (Wildman–Crippen MR) is 128 cm³/mol. The minimum absolute atomic E-state index is 0.153. The highest BCUT2D eigenvalue weighted by Gasteiger charge is 2.54. The topological polar surface area (TPSA) is 102 Å². The zero-order chi connectivity index (χ0) is 23.8. The first-order valence-corrected chi connectivity index (χ1v) is 11.7. The first kappa shape index (κ1) is 21.2. The van der Waals surface area contributed by atoms with E-state index in [2.05, 4.69) is 41.0 Å². The highest BCUT2D eigenvalue weighted by Crippen LogP contribution is 2.50. The molecule has 1 saturated heterocycles. The van der Waals surface area contributed by atoms with Crippen molar-refractivity contribution in [3.8, 4) is 22.9 Å². The number of piperidine rings is 1. The van der Waals surface area contributed by atoms with Gasteiger partial charge in [0.1, 0.15) is 17.5 Å². The highest BCUT2D eigenvalue weighted by atomic mass is 19.1. The van der Waals surface area contributed by atoms with E-state index in [1.54, 1.807) is 25.5 Å². The molecule has 0 amide bonds. The fraction of sp³-hybridized carbons (Fsp3) is 0.440. The van der Waals surface area contributed by atoms with Gasteiger partial charge in [-0.05, 0) is 35.1 Å². The van der Waals surface area contributed by atoms with Crippen molar-refractivity contribution >= 4 is 11.5 Å². The number of halogens is 1. The lowest BCUT2D eigenvalue weighted by molar-refractivity contribution is 0.432. The van der Waals surface area contributed by atoms with E-state index < -0.39 is 0 Å². The maximum absolute atomic E-state index is 14.5. The number of benzene rings is 1. The van der Waals surface area contributed by atoms with Crippen LogP contribution in [-0.4, -0.2) is 46.1 Å². The van der Waals surface area contributed by atoms with Crippen molar-refractivity contribution in [2.75, 3.05) is 30.4 Å². The summed E-state index contributed by atoms with van der Waals surface area (Å²) in [5.74, 6) is 2.66. The normalized spacial score (nSPS) is 22.3. The van der Waals surface area contributed by atoms with Crippen molar-refractivity contribution in [2.24, 2.45) is 17.6 Å². The molecule has 0 spiro atoms. The molecule has 6 rings (SSSR count). The van der Waals surface area contributed by atoms with Crippen molar-refractivity contribution in [3.63, 3.8) is 0 Å². The second-order valence-electron chi connectivity index (χ2n) is 10.5. The summed E-state index contributed by atoms with van der Waals surface area (Å²) < 4.78 is 20.5. The Morgan fingerprint density at radius 2 is 1.82 bits per heavy atom. The van der Waals surface area contributed by atoms with Crippen LogP contribution in [0.4, 0.5) is 15.9 Å². The summed E-state index contributed by atoms with van der Waals surface area (Å²) in [6.45, 7) is 7.85. The van der Waals surface area contributed by atoms with Gasteiger partial charge in [-0.3, -0.25) is 0 Å². The van der Waals surface area contributed by atoms with Gasteiger partial charge in [0.15, 0.2) is 5.75 Å². The van der Waals surface area contributed by atoms with Gasteiger partial charge in [0.25, 0.3) is 0 Å². The first-order chi connectivity index (χ1) is 16.2. The van der Waals surface area contributed by atoms with Gasteiger partial charge < -0.3 is 20.7 Å². The molecule has 9 heteroatoms. The Bertz CT molecular complexity index is 1280. The Hall–Kier alpha value is -3.33. The van der Waals surface area contributed by atoms with Crippen molar-refractivity contribution < 1.29 is 9.13 Å². The molecular formula is C25H28FN7O. The van der Waals surface area contributed by atoms with Gasteiger partial charge in [-0.25, -0.2) is 14.4 Å². The number of hydrogen-bond acceptors (Lipinski definition) is 8. The molecule has 8 nitrogen and oxygen atoms in total. The first-order valence-electron chi connectivity index (χ1n) is 11.7. The third-order valence-electron chi connectivity index (χ3n) is 7.11. The quantitative estimate of drug-likeness (QED) is 0.476. The van der Waals surface area contributed by atoms with Crippen molar-refractivity contribution in [1.29, 1.82) is 0 Å². The van der Waals surface area contributed by atoms with Crippen molar-refractivity contribution in [2.45, 2.75) is 38.6 Å². The molecule has 1 aromatic carbocycles. The fourth-order valence-electron chi connectivity index (χ4n) is 5.20. The number of nitrogens with zero attached hydrogens (tertiary/aromatic N) is 5. The molecule has 2 atom stereocenters. The van der Waals surface area contributed by atoms with Crippen LogP contribution < -0.4 is 20.7 Å². The van der Waals surface area contributed by atoms with Crippen LogP contribution in [0.5, 0.6) is 11.8 Å². The minimum atomic E-state index is -0.287. The Balaban J connectivity index is 1.40. The van der Waals surface area contributed by atoms with Gasteiger partial charge in [-0.2, -0.15) is 9.97 Å². The van der Waals surface area contributed by atoms with E-state index in [1.165, 1.54) is 6.07 Å². The Morgan fingerprint density at radius 1 is 1.12 bits per heavy atom. The van der Waals surface area contributed by atoms with Crippen LogP contribution in [0, 0.1) is 17.7 Å². The molecule has 2 fully saturated rings. The second-order valence-corrected chi connectivity index (χ2v) is 10.5. The van der Waals surface area contributed by atoms with Gasteiger partial charge in [-0.15, -0.1) is 0 Å². The summed E-state index contributed by atoms with van der Waals surface area (Å²) in [4.78, 5) is 20.7. The van der Waals surface area contributed by atoms with Gasteiger partial charge >= 0.3 is 6.01 Å². The number of hydrogen-bond donors (Lipinski definition) is 2. The number of ether oxygens (including phenoxy) is 1. The molecule has 0 radical (unpaired) electrons. The molecule has 1 saturated carbocycles.